The van der Waals surface area contributed by atoms with Crippen molar-refractivity contribution in [1.29, 1.82) is 0 Å². The van der Waals surface area contributed by atoms with Crippen molar-refractivity contribution in [3.05, 3.63) is 41.5 Å². The van der Waals surface area contributed by atoms with Gasteiger partial charge in [-0.25, -0.2) is 4.98 Å². The minimum absolute atomic E-state index is 0.0569. The molecule has 26 heavy (non-hydrogen) atoms. The molecule has 134 valence electrons. The van der Waals surface area contributed by atoms with Gasteiger partial charge in [-0.05, 0) is 6.07 Å². The predicted molar refractivity (Wildman–Crippen MR) is 92.4 cm³/mol. The molecule has 0 aromatic carbocycles. The number of pyridine rings is 1. The molecule has 0 saturated carbocycles. The number of aromatic nitrogens is 6. The van der Waals surface area contributed by atoms with Crippen molar-refractivity contribution in [2.45, 2.75) is 13.0 Å². The molecule has 9 heteroatoms. The third-order valence-electron chi connectivity index (χ3n) is 4.65. The number of aryl methyl sites for hydroxylation is 2. The van der Waals surface area contributed by atoms with Crippen molar-refractivity contribution in [2.24, 2.45) is 14.1 Å². The quantitative estimate of drug-likeness (QED) is 0.692. The van der Waals surface area contributed by atoms with Crippen molar-refractivity contribution in [2.75, 3.05) is 13.7 Å². The highest BCUT2D eigenvalue weighted by atomic mass is 16.5. The van der Waals surface area contributed by atoms with Crippen LogP contribution in [-0.4, -0.2) is 54.0 Å². The maximum Gasteiger partial charge on any atom is 0.255 e. The highest BCUT2D eigenvalue weighted by molar-refractivity contribution is 5.94. The number of hydrogen-bond donors (Lipinski definition) is 0. The first-order chi connectivity index (χ1) is 12.6. The Kier molecular flexibility index (Phi) is 3.90. The third kappa shape index (κ3) is 2.61. The molecule has 0 radical (unpaired) electrons. The van der Waals surface area contributed by atoms with Crippen LogP contribution in [0.3, 0.4) is 0 Å². The Hall–Kier alpha value is -3.23. The fraction of sp³-hybridized carbons (Fsp3) is 0.353. The van der Waals surface area contributed by atoms with Gasteiger partial charge in [0.25, 0.3) is 5.91 Å². The summed E-state index contributed by atoms with van der Waals surface area (Å²) in [6.45, 7) is 1.12. The average molecular weight is 353 g/mol. The SMILES string of the molecule is COc1ccc(C(=O)N2CCc3c(c(-c4nncn4C)nn3C)C2)cn1. The van der Waals surface area contributed by atoms with Crippen LogP contribution in [0.1, 0.15) is 21.6 Å². The van der Waals surface area contributed by atoms with Crippen molar-refractivity contribution >= 4 is 5.91 Å². The van der Waals surface area contributed by atoms with Gasteiger partial charge in [0.1, 0.15) is 12.0 Å². The lowest BCUT2D eigenvalue weighted by Crippen LogP contribution is -2.36. The minimum Gasteiger partial charge on any atom is -0.481 e. The molecule has 3 aromatic heterocycles. The Bertz CT molecular complexity index is 958. The number of nitrogens with zero attached hydrogens (tertiary/aromatic N) is 7. The second kappa shape index (κ2) is 6.25. The zero-order chi connectivity index (χ0) is 18.3. The zero-order valence-electron chi connectivity index (χ0n) is 14.9. The summed E-state index contributed by atoms with van der Waals surface area (Å²) in [6.07, 6.45) is 3.93. The first-order valence-corrected chi connectivity index (χ1v) is 8.27. The topological polar surface area (TPSA) is 91.0 Å². The van der Waals surface area contributed by atoms with E-state index in [2.05, 4.69) is 20.3 Å². The largest absolute Gasteiger partial charge is 0.481 e. The van der Waals surface area contributed by atoms with Crippen LogP contribution in [0, 0.1) is 0 Å². The van der Waals surface area contributed by atoms with Crippen molar-refractivity contribution in [1.82, 2.24) is 34.4 Å². The van der Waals surface area contributed by atoms with Gasteiger partial charge in [0.15, 0.2) is 5.82 Å². The van der Waals surface area contributed by atoms with Crippen LogP contribution in [-0.2, 0) is 27.1 Å². The molecule has 4 rings (SSSR count). The van der Waals surface area contributed by atoms with E-state index in [1.54, 1.807) is 31.8 Å². The summed E-state index contributed by atoms with van der Waals surface area (Å²) in [7, 11) is 5.35. The number of fused-ring (bicyclic) bond motifs is 1. The van der Waals surface area contributed by atoms with Crippen LogP contribution in [0.5, 0.6) is 5.88 Å². The Balaban J connectivity index is 1.64. The number of carbonyl (C=O) groups excluding carboxylic acids is 1. The van der Waals surface area contributed by atoms with E-state index >= 15 is 0 Å². The molecule has 0 bridgehead atoms. The number of methoxy groups -OCH3 is 1. The Morgan fingerprint density at radius 3 is 2.77 bits per heavy atom. The van der Waals surface area contributed by atoms with Gasteiger partial charge >= 0.3 is 0 Å². The lowest BCUT2D eigenvalue weighted by molar-refractivity contribution is 0.0733. The van der Waals surface area contributed by atoms with Crippen molar-refractivity contribution in [3.63, 3.8) is 0 Å². The van der Waals surface area contributed by atoms with Crippen molar-refractivity contribution in [3.8, 4) is 17.4 Å². The summed E-state index contributed by atoms with van der Waals surface area (Å²) in [4.78, 5) is 18.8. The van der Waals surface area contributed by atoms with Gasteiger partial charge in [-0.2, -0.15) is 5.10 Å². The van der Waals surface area contributed by atoms with Gasteiger partial charge in [0, 0.05) is 50.6 Å². The number of carbonyl (C=O) groups is 1. The molecule has 0 aliphatic carbocycles. The van der Waals surface area contributed by atoms with Crippen LogP contribution < -0.4 is 4.74 Å². The summed E-state index contributed by atoms with van der Waals surface area (Å²) in [5, 5.41) is 12.7. The van der Waals surface area contributed by atoms with Gasteiger partial charge in [0.2, 0.25) is 5.88 Å². The summed E-state index contributed by atoms with van der Waals surface area (Å²) < 4.78 is 8.75. The summed E-state index contributed by atoms with van der Waals surface area (Å²) in [5.41, 5.74) is 3.45. The van der Waals surface area contributed by atoms with Crippen LogP contribution in [0.25, 0.3) is 11.5 Å². The van der Waals surface area contributed by atoms with E-state index in [1.807, 2.05) is 28.2 Å². The highest BCUT2D eigenvalue weighted by Crippen LogP contribution is 2.29. The Labute approximate surface area is 150 Å². The Morgan fingerprint density at radius 1 is 1.27 bits per heavy atom. The number of ether oxygens (including phenoxy) is 1. The van der Waals surface area contributed by atoms with E-state index < -0.39 is 0 Å². The van der Waals surface area contributed by atoms with Crippen LogP contribution in [0.15, 0.2) is 24.7 Å². The normalized spacial score (nSPS) is 13.6. The van der Waals surface area contributed by atoms with Gasteiger partial charge < -0.3 is 14.2 Å². The van der Waals surface area contributed by atoms with Gasteiger partial charge in [0.05, 0.1) is 19.2 Å². The maximum absolute atomic E-state index is 12.9. The molecule has 9 nitrogen and oxygen atoms in total. The highest BCUT2D eigenvalue weighted by Gasteiger charge is 2.29. The lowest BCUT2D eigenvalue weighted by Gasteiger charge is -2.27. The monoisotopic (exact) mass is 353 g/mol. The van der Waals surface area contributed by atoms with Gasteiger partial charge in [-0.15, -0.1) is 10.2 Å². The molecule has 1 aliphatic rings. The molecule has 0 fully saturated rings. The summed E-state index contributed by atoms with van der Waals surface area (Å²) in [5.74, 6) is 1.13. The van der Waals surface area contributed by atoms with Crippen LogP contribution >= 0.6 is 0 Å². The fourth-order valence-electron chi connectivity index (χ4n) is 3.25. The summed E-state index contributed by atoms with van der Waals surface area (Å²) >= 11 is 0. The molecule has 4 heterocycles. The maximum atomic E-state index is 12.9. The minimum atomic E-state index is -0.0569. The molecule has 0 spiro atoms. The molecule has 0 saturated heterocycles. The average Bonchev–Trinajstić information content (AvgIpc) is 3.24. The fourth-order valence-corrected chi connectivity index (χ4v) is 3.25. The molecule has 0 atom stereocenters. The molecule has 0 N–H and O–H groups in total. The van der Waals surface area contributed by atoms with Crippen LogP contribution in [0.2, 0.25) is 0 Å². The van der Waals surface area contributed by atoms with E-state index in [9.17, 15) is 4.79 Å². The summed E-state index contributed by atoms with van der Waals surface area (Å²) in [6, 6.07) is 3.42. The number of hydrogen-bond acceptors (Lipinski definition) is 6. The zero-order valence-corrected chi connectivity index (χ0v) is 14.9. The van der Waals surface area contributed by atoms with E-state index in [-0.39, 0.29) is 5.91 Å². The molecule has 1 aliphatic heterocycles. The Morgan fingerprint density at radius 2 is 2.12 bits per heavy atom. The van der Waals surface area contributed by atoms with Gasteiger partial charge in [-0.3, -0.25) is 9.48 Å². The van der Waals surface area contributed by atoms with Crippen molar-refractivity contribution < 1.29 is 9.53 Å². The van der Waals surface area contributed by atoms with Crippen LogP contribution in [0.4, 0.5) is 0 Å². The standard InChI is InChI=1S/C17H19N7O2/c1-22-10-19-20-16(22)15-12-9-24(7-6-13(12)23(2)21-15)17(25)11-4-5-14(26-3)18-8-11/h4-5,8,10H,6-7,9H2,1-3H3. The molecule has 3 aromatic rings. The third-order valence-corrected chi connectivity index (χ3v) is 4.65. The second-order valence-corrected chi connectivity index (χ2v) is 6.23. The van der Waals surface area contributed by atoms with E-state index in [4.69, 9.17) is 4.74 Å². The molecular weight excluding hydrogens is 334 g/mol. The number of amides is 1. The number of rotatable bonds is 3. The predicted octanol–water partition coefficient (Wildman–Crippen LogP) is 0.818. The molecule has 0 unspecified atom stereocenters. The second-order valence-electron chi connectivity index (χ2n) is 6.23. The van der Waals surface area contributed by atoms with E-state index in [1.165, 1.54) is 0 Å². The lowest BCUT2D eigenvalue weighted by atomic mass is 10.0. The molecule has 1 amide bonds. The van der Waals surface area contributed by atoms with E-state index in [0.29, 0.717) is 30.4 Å². The smallest absolute Gasteiger partial charge is 0.255 e. The van der Waals surface area contributed by atoms with E-state index in [0.717, 1.165) is 23.4 Å². The first-order valence-electron chi connectivity index (χ1n) is 8.27. The van der Waals surface area contributed by atoms with Gasteiger partial charge in [-0.1, -0.05) is 0 Å². The first kappa shape index (κ1) is 16.2. The molecular formula is C17H19N7O2.